The molecule has 5 nitrogen and oxygen atoms in total. The number of pyridine rings is 1. The van der Waals surface area contributed by atoms with Gasteiger partial charge in [-0.25, -0.2) is 4.98 Å². The number of rotatable bonds is 4. The molecule has 4 heterocycles. The number of nitrogens with zero attached hydrogens (tertiary/aromatic N) is 4. The number of aromatic nitrogens is 2. The molecule has 9 rings (SSSR count). The molecule has 3 aromatic heterocycles. The van der Waals surface area contributed by atoms with Crippen LogP contribution < -0.4 is 14.5 Å². The minimum Gasteiger partial charge on any atom is -0.509 e. The van der Waals surface area contributed by atoms with Crippen LogP contribution in [0, 0.1) is 18.8 Å². The summed E-state index contributed by atoms with van der Waals surface area (Å²) in [7, 11) is 2.11. The fraction of sp³-hybridized carbons (Fsp3) is 0.200. The van der Waals surface area contributed by atoms with Gasteiger partial charge >= 0.3 is 0 Å². The first-order chi connectivity index (χ1) is 24.4. The zero-order valence-corrected chi connectivity index (χ0v) is 33.4. The van der Waals surface area contributed by atoms with E-state index in [-0.39, 0.29) is 31.9 Å². The van der Waals surface area contributed by atoms with Crippen LogP contribution in [0.2, 0.25) is 0 Å². The molecule has 0 aliphatic carbocycles. The fourth-order valence-corrected chi connectivity index (χ4v) is 8.28. The van der Waals surface area contributed by atoms with E-state index in [1.165, 1.54) is 31.4 Å². The minimum absolute atomic E-state index is 0. The van der Waals surface area contributed by atoms with Crippen LogP contribution in [0.5, 0.6) is 11.5 Å². The van der Waals surface area contributed by atoms with Crippen molar-refractivity contribution < 1.29 is 25.8 Å². The first-order valence-electron chi connectivity index (χ1n) is 17.4. The first kappa shape index (κ1) is 34.4. The molecule has 264 valence electrons. The monoisotopic (exact) mass is 878 g/mol. The normalized spacial score (nSPS) is 13.4. The molecule has 0 radical (unpaired) electrons. The molecule has 0 saturated carbocycles. The van der Waals surface area contributed by atoms with Gasteiger partial charge in [0, 0.05) is 75.8 Å². The van der Waals surface area contributed by atoms with Crippen LogP contribution >= 0.6 is 11.3 Å². The van der Waals surface area contributed by atoms with Crippen molar-refractivity contribution in [3.8, 4) is 17.3 Å². The van der Waals surface area contributed by atoms with Crippen LogP contribution in [0.1, 0.15) is 52.7 Å². The SMILES string of the molecule is CN1[CH-]N(c2[c-]c(Oc3[c-]c4c(cc3)c3ccccc3n4-c3cc(C(C)(C)C)ccn3)cc(C(C)(C)C)c2)c2cc3c(cc21)sc1ccccc13.[Pt]. The van der Waals surface area contributed by atoms with Crippen molar-refractivity contribution in [3.05, 3.63) is 133 Å². The molecule has 0 amide bonds. The maximum absolute atomic E-state index is 6.72. The quantitative estimate of drug-likeness (QED) is 0.165. The molecule has 1 aliphatic rings. The van der Waals surface area contributed by atoms with E-state index in [1.807, 2.05) is 23.6 Å². The Morgan fingerprint density at radius 2 is 1.42 bits per heavy atom. The van der Waals surface area contributed by atoms with Crippen molar-refractivity contribution in [2.45, 2.75) is 52.4 Å². The summed E-state index contributed by atoms with van der Waals surface area (Å²) in [6, 6.07) is 41.8. The van der Waals surface area contributed by atoms with Crippen molar-refractivity contribution in [1.29, 1.82) is 0 Å². The van der Waals surface area contributed by atoms with E-state index in [2.05, 4.69) is 173 Å². The Morgan fingerprint density at radius 3 is 2.21 bits per heavy atom. The molecule has 8 aromatic rings. The van der Waals surface area contributed by atoms with E-state index in [4.69, 9.17) is 9.72 Å². The summed E-state index contributed by atoms with van der Waals surface area (Å²) in [5.41, 5.74) is 7.51. The molecule has 1 aliphatic heterocycles. The topological polar surface area (TPSA) is 33.5 Å². The fourth-order valence-electron chi connectivity index (χ4n) is 7.16. The predicted molar refractivity (Wildman–Crippen MR) is 214 cm³/mol. The van der Waals surface area contributed by atoms with Crippen LogP contribution in [0.3, 0.4) is 0 Å². The van der Waals surface area contributed by atoms with Gasteiger partial charge in [-0.1, -0.05) is 83.5 Å². The van der Waals surface area contributed by atoms with Gasteiger partial charge in [-0.3, -0.25) is 0 Å². The molecule has 0 fully saturated rings. The van der Waals surface area contributed by atoms with E-state index in [0.29, 0.717) is 11.5 Å². The van der Waals surface area contributed by atoms with E-state index >= 15 is 0 Å². The second-order valence-corrected chi connectivity index (χ2v) is 16.7. The molecule has 7 heteroatoms. The van der Waals surface area contributed by atoms with Crippen LogP contribution in [0.4, 0.5) is 17.1 Å². The molecule has 52 heavy (non-hydrogen) atoms. The van der Waals surface area contributed by atoms with Crippen molar-refractivity contribution in [1.82, 2.24) is 9.55 Å². The number of benzene rings is 5. The van der Waals surface area contributed by atoms with E-state index in [1.54, 1.807) is 0 Å². The second-order valence-electron chi connectivity index (χ2n) is 15.6. The summed E-state index contributed by atoms with van der Waals surface area (Å²) in [6.45, 7) is 15.5. The molecule has 0 spiro atoms. The van der Waals surface area contributed by atoms with Gasteiger partial charge in [-0.05, 0) is 65.2 Å². The first-order valence-corrected chi connectivity index (χ1v) is 18.2. The van der Waals surface area contributed by atoms with Gasteiger partial charge in [0.25, 0.3) is 0 Å². The molecule has 5 aromatic carbocycles. The smallest absolute Gasteiger partial charge is 0.135 e. The van der Waals surface area contributed by atoms with Gasteiger partial charge in [0.2, 0.25) is 0 Å². The Bertz CT molecular complexity index is 2660. The molecule has 0 bridgehead atoms. The van der Waals surface area contributed by atoms with Crippen LogP contribution in [0.15, 0.2) is 103 Å². The molecule has 0 N–H and O–H groups in total. The number of hydrogen-bond donors (Lipinski definition) is 0. The van der Waals surface area contributed by atoms with Crippen molar-refractivity contribution >= 4 is 70.4 Å². The molecular weight excluding hydrogens is 840 g/mol. The standard InChI is InChI=1S/C45H39N4OS.Pt/c1-44(2,3)28-18-19-46-43(22-28)49-37-14-10-8-12-33(37)34-17-16-31(24-38(34)49)50-32-21-29(45(4,5)6)20-30(23-32)48-27-47(7)39-26-42-36(25-40(39)48)35-13-9-11-15-41(35)51-42;/h8-22,25-27H,1-7H3;/q-3;. The number of para-hydroxylation sites is 1. The molecule has 0 unspecified atom stereocenters. The second kappa shape index (κ2) is 12.5. The summed E-state index contributed by atoms with van der Waals surface area (Å²) < 4.78 is 11.5. The summed E-state index contributed by atoms with van der Waals surface area (Å²) in [6.07, 6.45) is 1.90. The third kappa shape index (κ3) is 5.77. The Hall–Kier alpha value is -4.64. The summed E-state index contributed by atoms with van der Waals surface area (Å²) in [5, 5.41) is 4.82. The molecule has 0 atom stereocenters. The van der Waals surface area contributed by atoms with E-state index in [0.717, 1.165) is 44.6 Å². The average Bonchev–Trinajstić information content (AvgIpc) is 3.75. The zero-order valence-electron chi connectivity index (χ0n) is 30.3. The van der Waals surface area contributed by atoms with Crippen LogP contribution in [-0.4, -0.2) is 16.6 Å². The zero-order chi connectivity index (χ0) is 35.2. The van der Waals surface area contributed by atoms with Crippen LogP contribution in [-0.2, 0) is 31.9 Å². The number of ether oxygens (including phenoxy) is 1. The van der Waals surface area contributed by atoms with Gasteiger partial charge in [-0.2, -0.15) is 12.7 Å². The summed E-state index contributed by atoms with van der Waals surface area (Å²) >= 11 is 1.84. The van der Waals surface area contributed by atoms with Gasteiger partial charge in [0.1, 0.15) is 5.82 Å². The molecule has 0 saturated heterocycles. The van der Waals surface area contributed by atoms with Gasteiger partial charge in [0.15, 0.2) is 0 Å². The Kier molecular flexibility index (Phi) is 8.28. The third-order valence-electron chi connectivity index (χ3n) is 9.98. The number of thiophene rings is 1. The molecular formula is C45H39N4OPtS-3. The summed E-state index contributed by atoms with van der Waals surface area (Å²) in [4.78, 5) is 9.28. The minimum atomic E-state index is -0.117. The van der Waals surface area contributed by atoms with Crippen LogP contribution in [0.25, 0.3) is 47.8 Å². The van der Waals surface area contributed by atoms with Crippen molar-refractivity contribution in [3.63, 3.8) is 0 Å². The van der Waals surface area contributed by atoms with Gasteiger partial charge in [0.05, 0.1) is 0 Å². The number of anilines is 3. The average molecular weight is 879 g/mol. The third-order valence-corrected chi connectivity index (χ3v) is 11.1. The Morgan fingerprint density at radius 1 is 0.673 bits per heavy atom. The van der Waals surface area contributed by atoms with Gasteiger partial charge in [-0.15, -0.1) is 58.3 Å². The van der Waals surface area contributed by atoms with E-state index in [9.17, 15) is 0 Å². The van der Waals surface area contributed by atoms with Gasteiger partial charge < -0.3 is 19.1 Å². The maximum atomic E-state index is 6.72. The Labute approximate surface area is 323 Å². The van der Waals surface area contributed by atoms with Crippen molar-refractivity contribution in [2.75, 3.05) is 16.8 Å². The Balaban J connectivity index is 0.00000387. The number of fused-ring (bicyclic) bond motifs is 7. The maximum Gasteiger partial charge on any atom is 0.135 e. The predicted octanol–water partition coefficient (Wildman–Crippen LogP) is 12.2. The summed E-state index contributed by atoms with van der Waals surface area (Å²) in [5.74, 6) is 2.14. The van der Waals surface area contributed by atoms with E-state index < -0.39 is 0 Å². The van der Waals surface area contributed by atoms with Crippen molar-refractivity contribution in [2.24, 2.45) is 0 Å². The number of hydrogen-bond acceptors (Lipinski definition) is 5. The largest absolute Gasteiger partial charge is 0.509 e.